The van der Waals surface area contributed by atoms with Crippen molar-refractivity contribution in [2.45, 2.75) is 26.7 Å². The van der Waals surface area contributed by atoms with E-state index in [0.29, 0.717) is 11.3 Å². The zero-order valence-corrected chi connectivity index (χ0v) is 15.7. The molecule has 136 valence electrons. The van der Waals surface area contributed by atoms with Crippen LogP contribution >= 0.6 is 0 Å². The molecule has 0 saturated carbocycles. The highest BCUT2D eigenvalue weighted by Gasteiger charge is 2.42. The second-order valence-electron chi connectivity index (χ2n) is 6.78. The van der Waals surface area contributed by atoms with Crippen molar-refractivity contribution in [3.8, 4) is 0 Å². The number of carbonyl (C=O) groups excluding carboxylic acids is 1. The summed E-state index contributed by atoms with van der Waals surface area (Å²) < 4.78 is 27.5. The minimum Gasteiger partial charge on any atom is -0.287 e. The zero-order chi connectivity index (χ0) is 18.9. The molecule has 0 unspecified atom stereocenters. The van der Waals surface area contributed by atoms with Crippen LogP contribution in [-0.4, -0.2) is 31.9 Å². The van der Waals surface area contributed by atoms with Gasteiger partial charge in [-0.2, -0.15) is 8.42 Å². The van der Waals surface area contributed by atoms with E-state index in [-0.39, 0.29) is 5.71 Å². The van der Waals surface area contributed by atoms with E-state index in [0.717, 1.165) is 30.4 Å². The molecule has 0 bridgehead atoms. The molecule has 0 aromatic heterocycles. The highest BCUT2D eigenvalue weighted by Crippen LogP contribution is 2.43. The maximum Gasteiger partial charge on any atom is 0.325 e. The molecular weight excluding hydrogens is 352 g/mol. The Balaban J connectivity index is 2.11. The molecule has 0 atom stereocenters. The number of hydrogen-bond acceptors (Lipinski definition) is 6. The van der Waals surface area contributed by atoms with Crippen LogP contribution in [0.3, 0.4) is 0 Å². The molecule has 0 fully saturated rings. The Morgan fingerprint density at radius 1 is 1.15 bits per heavy atom. The van der Waals surface area contributed by atoms with Gasteiger partial charge in [-0.05, 0) is 18.4 Å². The number of allylic oxidation sites excluding steroid dienone is 3. The predicted molar refractivity (Wildman–Crippen MR) is 101 cm³/mol. The van der Waals surface area contributed by atoms with Gasteiger partial charge in [-0.25, -0.2) is 0 Å². The monoisotopic (exact) mass is 372 g/mol. The van der Waals surface area contributed by atoms with Gasteiger partial charge in [0.25, 0.3) is 0 Å². The average molecular weight is 372 g/mol. The maximum atomic E-state index is 13.0. The van der Waals surface area contributed by atoms with Gasteiger partial charge < -0.3 is 0 Å². The van der Waals surface area contributed by atoms with Crippen LogP contribution in [0.1, 0.15) is 37.0 Å². The first-order valence-corrected chi connectivity index (χ1v) is 10.1. The summed E-state index contributed by atoms with van der Waals surface area (Å²) >= 11 is 0. The van der Waals surface area contributed by atoms with Crippen LogP contribution in [-0.2, 0) is 14.4 Å². The fourth-order valence-electron chi connectivity index (χ4n) is 3.10. The summed E-state index contributed by atoms with van der Waals surface area (Å²) in [5.41, 5.74) is 1.96. The highest BCUT2D eigenvalue weighted by molar-refractivity contribution is 7.85. The van der Waals surface area contributed by atoms with Crippen LogP contribution in [0.4, 0.5) is 0 Å². The van der Waals surface area contributed by atoms with E-state index in [1.54, 1.807) is 30.3 Å². The first-order valence-electron chi connectivity index (χ1n) is 8.27. The molecule has 3 rings (SSSR count). The van der Waals surface area contributed by atoms with Crippen molar-refractivity contribution in [2.75, 3.05) is 6.26 Å². The lowest BCUT2D eigenvalue weighted by Gasteiger charge is -2.24. The van der Waals surface area contributed by atoms with Crippen LogP contribution < -0.4 is 0 Å². The van der Waals surface area contributed by atoms with Crippen molar-refractivity contribution in [2.24, 2.45) is 15.6 Å². The molecule has 1 aliphatic carbocycles. The molecule has 0 amide bonds. The Morgan fingerprint density at radius 2 is 1.81 bits per heavy atom. The van der Waals surface area contributed by atoms with E-state index < -0.39 is 21.3 Å². The van der Waals surface area contributed by atoms with Gasteiger partial charge in [0, 0.05) is 11.0 Å². The lowest BCUT2D eigenvalue weighted by Crippen LogP contribution is -2.35. The fraction of sp³-hybridized carbons (Fsp3) is 0.316. The quantitative estimate of drug-likeness (QED) is 0.451. The van der Waals surface area contributed by atoms with Crippen molar-refractivity contribution in [3.05, 3.63) is 59.3 Å². The van der Waals surface area contributed by atoms with E-state index in [2.05, 4.69) is 20.5 Å². The van der Waals surface area contributed by atoms with Gasteiger partial charge in [0.05, 0.1) is 17.7 Å². The summed E-state index contributed by atoms with van der Waals surface area (Å²) in [5, 5.41) is 3.70. The van der Waals surface area contributed by atoms with Crippen LogP contribution in [0.25, 0.3) is 0 Å². The van der Waals surface area contributed by atoms with Crippen molar-refractivity contribution >= 4 is 27.3 Å². The number of ketones is 1. The van der Waals surface area contributed by atoms with E-state index >= 15 is 0 Å². The summed E-state index contributed by atoms with van der Waals surface area (Å²) in [6, 6.07) is 8.55. The number of hydrogen-bond donors (Lipinski definition) is 0. The summed E-state index contributed by atoms with van der Waals surface area (Å²) in [4.78, 5) is 17.6. The molecule has 0 N–H and O–H groups in total. The standard InChI is InChI=1S/C19H20N2O4S/c1-19(2)14-11-7-8-12-15(14)20-18(19)16(21-25-26(3,23)24)17(22)13-9-5-4-6-10-13/h4-6,9-12H,7-8H2,1-3H3/b21-16+. The maximum absolute atomic E-state index is 13.0. The number of aliphatic imine (C=N–C) groups is 1. The zero-order valence-electron chi connectivity index (χ0n) is 14.9. The van der Waals surface area contributed by atoms with Gasteiger partial charge in [0.1, 0.15) is 0 Å². The van der Waals surface area contributed by atoms with Crippen molar-refractivity contribution in [1.29, 1.82) is 0 Å². The van der Waals surface area contributed by atoms with Gasteiger partial charge in [-0.15, -0.1) is 0 Å². The van der Waals surface area contributed by atoms with Crippen LogP contribution in [0.5, 0.6) is 0 Å². The number of carbonyl (C=O) groups is 1. The smallest absolute Gasteiger partial charge is 0.287 e. The Hall–Kier alpha value is -2.54. The number of nitrogens with zero attached hydrogens (tertiary/aromatic N) is 2. The molecule has 0 spiro atoms. The highest BCUT2D eigenvalue weighted by atomic mass is 32.2. The number of rotatable bonds is 5. The van der Waals surface area contributed by atoms with Crippen molar-refractivity contribution in [3.63, 3.8) is 0 Å². The molecule has 1 heterocycles. The second kappa shape index (κ2) is 6.64. The lowest BCUT2D eigenvalue weighted by atomic mass is 9.76. The molecule has 1 aromatic rings. The average Bonchev–Trinajstić information content (AvgIpc) is 2.86. The molecule has 0 radical (unpaired) electrons. The van der Waals surface area contributed by atoms with Gasteiger partial charge in [0.15, 0.2) is 5.71 Å². The Kier molecular flexibility index (Phi) is 4.66. The molecule has 7 heteroatoms. The van der Waals surface area contributed by atoms with Crippen molar-refractivity contribution < 1.29 is 17.5 Å². The number of oxime groups is 1. The van der Waals surface area contributed by atoms with Crippen LogP contribution in [0, 0.1) is 5.41 Å². The summed E-state index contributed by atoms with van der Waals surface area (Å²) in [5.74, 6) is -0.430. The first-order chi connectivity index (χ1) is 12.2. The summed E-state index contributed by atoms with van der Waals surface area (Å²) in [6.07, 6.45) is 6.79. The molecule has 2 aliphatic rings. The second-order valence-corrected chi connectivity index (χ2v) is 8.34. The number of benzene rings is 1. The topological polar surface area (TPSA) is 85.2 Å². The van der Waals surface area contributed by atoms with E-state index in [9.17, 15) is 13.2 Å². The molecule has 6 nitrogen and oxygen atoms in total. The molecule has 1 aliphatic heterocycles. The Morgan fingerprint density at radius 3 is 2.42 bits per heavy atom. The summed E-state index contributed by atoms with van der Waals surface area (Å²) in [7, 11) is -3.85. The number of fused-ring (bicyclic) bond motifs is 1. The first kappa shape index (κ1) is 18.3. The molecule has 1 aromatic carbocycles. The third kappa shape index (κ3) is 3.53. The number of Topliss-reactive ketones (excluding diaryl/α,β-unsaturated/α-hetero) is 1. The van der Waals surface area contributed by atoms with Crippen molar-refractivity contribution in [1.82, 2.24) is 0 Å². The predicted octanol–water partition coefficient (Wildman–Crippen LogP) is 3.29. The molecule has 0 saturated heterocycles. The SMILES string of the molecule is CC1(C)C2=CCCC=C2N=C1/C(=N/OS(C)(=O)=O)C(=O)c1ccccc1. The van der Waals surface area contributed by atoms with Gasteiger partial charge in [-0.1, -0.05) is 61.5 Å². The third-order valence-electron chi connectivity index (χ3n) is 4.37. The fourth-order valence-corrected chi connectivity index (χ4v) is 3.31. The van der Waals surface area contributed by atoms with Gasteiger partial charge in [-0.3, -0.25) is 14.1 Å². The Bertz CT molecular complexity index is 968. The van der Waals surface area contributed by atoms with E-state index in [4.69, 9.17) is 0 Å². The normalized spacial score (nSPS) is 19.2. The lowest BCUT2D eigenvalue weighted by molar-refractivity contribution is 0.106. The van der Waals surface area contributed by atoms with Gasteiger partial charge >= 0.3 is 10.1 Å². The Labute approximate surface area is 153 Å². The minimum atomic E-state index is -3.85. The van der Waals surface area contributed by atoms with E-state index in [1.807, 2.05) is 19.9 Å². The largest absolute Gasteiger partial charge is 0.325 e. The van der Waals surface area contributed by atoms with Crippen LogP contribution in [0.15, 0.2) is 63.9 Å². The molecular formula is C19H20N2O4S. The van der Waals surface area contributed by atoms with E-state index in [1.165, 1.54) is 0 Å². The minimum absolute atomic E-state index is 0.0946. The third-order valence-corrected chi connectivity index (χ3v) is 4.71. The van der Waals surface area contributed by atoms with Gasteiger partial charge in [0.2, 0.25) is 5.78 Å². The molecule has 26 heavy (non-hydrogen) atoms. The van der Waals surface area contributed by atoms with Crippen LogP contribution in [0.2, 0.25) is 0 Å². The summed E-state index contributed by atoms with van der Waals surface area (Å²) in [6.45, 7) is 3.89.